The van der Waals surface area contributed by atoms with Crippen molar-refractivity contribution < 1.29 is 13.2 Å². The Kier molecular flexibility index (Phi) is 6.01. The second kappa shape index (κ2) is 9.09. The number of nitrogens with zero attached hydrogens (tertiary/aromatic N) is 4. The van der Waals surface area contributed by atoms with Gasteiger partial charge in [-0.05, 0) is 30.3 Å². The van der Waals surface area contributed by atoms with Crippen molar-refractivity contribution in [2.75, 3.05) is 44.3 Å². The Labute approximate surface area is 194 Å². The molecule has 0 spiro atoms. The Morgan fingerprint density at radius 2 is 1.91 bits per heavy atom. The number of allylic oxidation sites excluding steroid dienone is 4. The first kappa shape index (κ1) is 21.8. The molecule has 33 heavy (non-hydrogen) atoms. The SMILES string of the molecule is NCCc1nc(C2C=CC=C3C2=CCN3S(=O)(=O)c2ccccc2)cc(N2CCOCC2)n1. The monoisotopic (exact) mass is 465 g/mol. The summed E-state index contributed by atoms with van der Waals surface area (Å²) in [4.78, 5) is 12.0. The topological polar surface area (TPSA) is 102 Å². The van der Waals surface area contributed by atoms with Crippen LogP contribution < -0.4 is 10.6 Å². The Bertz CT molecular complexity index is 1220. The molecule has 1 unspecified atom stereocenters. The minimum atomic E-state index is -3.65. The van der Waals surface area contributed by atoms with Crippen molar-refractivity contribution in [3.8, 4) is 0 Å². The van der Waals surface area contributed by atoms with Gasteiger partial charge in [0, 0.05) is 31.5 Å². The van der Waals surface area contributed by atoms with Gasteiger partial charge in [-0.1, -0.05) is 36.4 Å². The number of nitrogens with two attached hydrogens (primary N) is 1. The van der Waals surface area contributed by atoms with Crippen LogP contribution in [0.25, 0.3) is 0 Å². The van der Waals surface area contributed by atoms with Gasteiger partial charge in [0.05, 0.1) is 36.0 Å². The van der Waals surface area contributed by atoms with Crippen LogP contribution in [0.15, 0.2) is 76.9 Å². The van der Waals surface area contributed by atoms with Crippen molar-refractivity contribution in [1.29, 1.82) is 0 Å². The normalized spacial score (nSPS) is 20.5. The summed E-state index contributed by atoms with van der Waals surface area (Å²) in [5.74, 6) is 1.41. The third-order valence-electron chi connectivity index (χ3n) is 6.07. The Hall–Kier alpha value is -3.01. The Morgan fingerprint density at radius 1 is 1.12 bits per heavy atom. The standard InChI is InChI=1S/C24H27N5O3S/c25-11-9-23-26-21(17-24(27-23)28-13-15-32-16-14-28)19-7-4-8-22-20(19)10-12-29(22)33(30,31)18-5-2-1-3-6-18/h1-8,10,17,19H,9,11-16,25H2. The van der Waals surface area contributed by atoms with Crippen LogP contribution >= 0.6 is 0 Å². The van der Waals surface area contributed by atoms with Crippen LogP contribution in [0, 0.1) is 0 Å². The van der Waals surface area contributed by atoms with Crippen molar-refractivity contribution >= 4 is 15.8 Å². The quantitative estimate of drug-likeness (QED) is 0.696. The number of sulfonamides is 1. The first-order chi connectivity index (χ1) is 16.1. The maximum atomic E-state index is 13.3. The molecule has 1 saturated heterocycles. The largest absolute Gasteiger partial charge is 0.378 e. The van der Waals surface area contributed by atoms with Crippen LogP contribution in [0.2, 0.25) is 0 Å². The lowest BCUT2D eigenvalue weighted by atomic mass is 9.90. The van der Waals surface area contributed by atoms with E-state index in [1.807, 2.05) is 30.4 Å². The number of anilines is 1. The van der Waals surface area contributed by atoms with Crippen molar-refractivity contribution in [3.05, 3.63) is 83.5 Å². The number of rotatable bonds is 6. The van der Waals surface area contributed by atoms with Crippen molar-refractivity contribution in [1.82, 2.24) is 14.3 Å². The molecule has 172 valence electrons. The predicted octanol–water partition coefficient (Wildman–Crippen LogP) is 1.98. The summed E-state index contributed by atoms with van der Waals surface area (Å²) in [6, 6.07) is 10.6. The molecule has 1 aromatic carbocycles. The summed E-state index contributed by atoms with van der Waals surface area (Å²) in [6.45, 7) is 3.64. The van der Waals surface area contributed by atoms with Crippen LogP contribution in [-0.2, 0) is 21.2 Å². The molecule has 0 bridgehead atoms. The summed E-state index contributed by atoms with van der Waals surface area (Å²) >= 11 is 0. The molecule has 3 aliphatic rings. The minimum absolute atomic E-state index is 0.153. The lowest BCUT2D eigenvalue weighted by Gasteiger charge is -2.29. The molecule has 5 rings (SSSR count). The second-order valence-corrected chi connectivity index (χ2v) is 9.99. The highest BCUT2D eigenvalue weighted by Crippen LogP contribution is 2.41. The van der Waals surface area contributed by atoms with E-state index in [0.717, 1.165) is 30.2 Å². The van der Waals surface area contributed by atoms with E-state index in [9.17, 15) is 8.42 Å². The summed E-state index contributed by atoms with van der Waals surface area (Å²) in [5, 5.41) is 0. The highest BCUT2D eigenvalue weighted by atomic mass is 32.2. The molecule has 0 amide bonds. The van der Waals surface area contributed by atoms with E-state index in [1.54, 1.807) is 24.3 Å². The van der Waals surface area contributed by atoms with E-state index in [-0.39, 0.29) is 10.8 Å². The first-order valence-corrected chi connectivity index (χ1v) is 12.6. The van der Waals surface area contributed by atoms with Gasteiger partial charge < -0.3 is 15.4 Å². The molecular formula is C24H27N5O3S. The number of fused-ring (bicyclic) bond motifs is 1. The number of benzene rings is 1. The highest BCUT2D eigenvalue weighted by Gasteiger charge is 2.36. The first-order valence-electron chi connectivity index (χ1n) is 11.2. The van der Waals surface area contributed by atoms with Gasteiger partial charge >= 0.3 is 0 Å². The summed E-state index contributed by atoms with van der Waals surface area (Å²) in [7, 11) is -3.65. The van der Waals surface area contributed by atoms with Gasteiger partial charge in [-0.2, -0.15) is 0 Å². The van der Waals surface area contributed by atoms with E-state index >= 15 is 0 Å². The number of aromatic nitrogens is 2. The molecule has 2 aromatic rings. The van der Waals surface area contributed by atoms with Crippen LogP contribution in [0.1, 0.15) is 17.4 Å². The van der Waals surface area contributed by atoms with Crippen LogP contribution in [0.5, 0.6) is 0 Å². The molecule has 1 aromatic heterocycles. The zero-order chi connectivity index (χ0) is 22.8. The highest BCUT2D eigenvalue weighted by molar-refractivity contribution is 7.89. The molecule has 1 fully saturated rings. The van der Waals surface area contributed by atoms with Gasteiger partial charge in [0.1, 0.15) is 11.6 Å². The lowest BCUT2D eigenvalue weighted by Crippen LogP contribution is -2.37. The Morgan fingerprint density at radius 3 is 2.67 bits per heavy atom. The molecule has 9 heteroatoms. The van der Waals surface area contributed by atoms with Gasteiger partial charge in [-0.3, -0.25) is 4.31 Å². The summed E-state index contributed by atoms with van der Waals surface area (Å²) in [5.41, 5.74) is 8.29. The summed E-state index contributed by atoms with van der Waals surface area (Å²) in [6.07, 6.45) is 8.40. The molecule has 0 radical (unpaired) electrons. The summed E-state index contributed by atoms with van der Waals surface area (Å²) < 4.78 is 33.6. The van der Waals surface area contributed by atoms with Crippen LogP contribution in [0.4, 0.5) is 5.82 Å². The van der Waals surface area contributed by atoms with Crippen molar-refractivity contribution in [2.45, 2.75) is 17.2 Å². The van der Waals surface area contributed by atoms with E-state index < -0.39 is 10.0 Å². The smallest absolute Gasteiger partial charge is 0.264 e. The zero-order valence-electron chi connectivity index (χ0n) is 18.3. The fraction of sp³-hybridized carbons (Fsp3) is 0.333. The van der Waals surface area contributed by atoms with Gasteiger partial charge in [-0.15, -0.1) is 0 Å². The lowest BCUT2D eigenvalue weighted by molar-refractivity contribution is 0.122. The van der Waals surface area contributed by atoms with Gasteiger partial charge in [0.15, 0.2) is 0 Å². The molecule has 8 nitrogen and oxygen atoms in total. The van der Waals surface area contributed by atoms with Crippen molar-refractivity contribution in [3.63, 3.8) is 0 Å². The van der Waals surface area contributed by atoms with E-state index in [0.29, 0.717) is 44.2 Å². The number of morpholine rings is 1. The Balaban J connectivity index is 1.48. The molecule has 1 atom stereocenters. The number of hydrogen-bond acceptors (Lipinski definition) is 7. The van der Waals surface area contributed by atoms with E-state index in [2.05, 4.69) is 11.0 Å². The van der Waals surface area contributed by atoms with Crippen molar-refractivity contribution in [2.24, 2.45) is 5.73 Å². The third kappa shape index (κ3) is 4.19. The van der Waals surface area contributed by atoms with Crippen LogP contribution in [0.3, 0.4) is 0 Å². The molecular weight excluding hydrogens is 438 g/mol. The molecule has 2 N–H and O–H groups in total. The van der Waals surface area contributed by atoms with Gasteiger partial charge in [0.25, 0.3) is 10.0 Å². The molecule has 3 heterocycles. The van der Waals surface area contributed by atoms with E-state index in [4.69, 9.17) is 20.4 Å². The average molecular weight is 466 g/mol. The maximum absolute atomic E-state index is 13.3. The number of ether oxygens (including phenoxy) is 1. The predicted molar refractivity (Wildman–Crippen MR) is 126 cm³/mol. The minimum Gasteiger partial charge on any atom is -0.378 e. The second-order valence-electron chi connectivity index (χ2n) is 8.13. The molecule has 2 aliphatic heterocycles. The zero-order valence-corrected chi connectivity index (χ0v) is 19.1. The van der Waals surface area contributed by atoms with Gasteiger partial charge in [-0.25, -0.2) is 18.4 Å². The fourth-order valence-corrected chi connectivity index (χ4v) is 5.87. The van der Waals surface area contributed by atoms with E-state index in [1.165, 1.54) is 4.31 Å². The molecule has 0 saturated carbocycles. The van der Waals surface area contributed by atoms with Crippen LogP contribution in [-0.4, -0.2) is 62.1 Å². The number of hydrogen-bond donors (Lipinski definition) is 1. The maximum Gasteiger partial charge on any atom is 0.264 e. The average Bonchev–Trinajstić information content (AvgIpc) is 3.30. The fourth-order valence-electron chi connectivity index (χ4n) is 4.42. The third-order valence-corrected chi connectivity index (χ3v) is 7.86. The molecule has 1 aliphatic carbocycles. The van der Waals surface area contributed by atoms with Gasteiger partial charge in [0.2, 0.25) is 0 Å².